The van der Waals surface area contributed by atoms with Crippen LogP contribution in [0.15, 0.2) is 0 Å². The summed E-state index contributed by atoms with van der Waals surface area (Å²) in [6.07, 6.45) is -4.62. The van der Waals surface area contributed by atoms with Gasteiger partial charge in [0.2, 0.25) is 17.7 Å². The zero-order valence-corrected chi connectivity index (χ0v) is 22.5. The maximum atomic E-state index is 13.6. The summed E-state index contributed by atoms with van der Waals surface area (Å²) in [6, 6.07) is -3.64. The van der Waals surface area contributed by atoms with Crippen molar-refractivity contribution in [3.63, 3.8) is 0 Å². The minimum atomic E-state index is -5.18. The van der Waals surface area contributed by atoms with Crippen LogP contribution in [0.4, 0.5) is 13.2 Å². The summed E-state index contributed by atoms with van der Waals surface area (Å²) >= 11 is 0. The standard InChI is InChI=1S/C25H37F3N4O6/c1-23(2,3)18(31-22(37)25(26,27)28)21(36)32-10-13-16(24(13,4)5)17(32)20(35)30-14(15(33)11-38-6)9-12-7-8-29-19(12)34/h12-14,16-18H,7-11H2,1-6H3,(H,29,34)(H,30,35)(H,31,37)/t12-,13-,14-,16-,17-,18?/m0/s1. The lowest BCUT2D eigenvalue weighted by atomic mass is 9.85. The average molecular weight is 547 g/mol. The number of hydrogen-bond acceptors (Lipinski definition) is 6. The lowest BCUT2D eigenvalue weighted by Gasteiger charge is -2.38. The van der Waals surface area contributed by atoms with Gasteiger partial charge in [-0.15, -0.1) is 0 Å². The van der Waals surface area contributed by atoms with E-state index < -0.39 is 59.1 Å². The van der Waals surface area contributed by atoms with Gasteiger partial charge < -0.3 is 25.6 Å². The predicted octanol–water partition coefficient (Wildman–Crippen LogP) is 0.789. The van der Waals surface area contributed by atoms with Crippen molar-refractivity contribution >= 4 is 29.4 Å². The number of alkyl halides is 3. The summed E-state index contributed by atoms with van der Waals surface area (Å²) in [7, 11) is 1.33. The van der Waals surface area contributed by atoms with E-state index >= 15 is 0 Å². The quantitative estimate of drug-likeness (QED) is 0.392. The highest BCUT2D eigenvalue weighted by atomic mass is 19.4. The van der Waals surface area contributed by atoms with Gasteiger partial charge in [0.15, 0.2) is 5.78 Å². The summed E-state index contributed by atoms with van der Waals surface area (Å²) < 4.78 is 44.0. The minimum absolute atomic E-state index is 0.0597. The number of nitrogens with zero attached hydrogens (tertiary/aromatic N) is 1. The molecule has 214 valence electrons. The molecule has 3 rings (SSSR count). The van der Waals surface area contributed by atoms with Crippen LogP contribution in [0.25, 0.3) is 0 Å². The number of piperidine rings is 1. The van der Waals surface area contributed by atoms with Crippen molar-refractivity contribution < 1.29 is 41.9 Å². The van der Waals surface area contributed by atoms with Crippen LogP contribution in [0.5, 0.6) is 0 Å². The van der Waals surface area contributed by atoms with Crippen LogP contribution in [-0.4, -0.2) is 85.4 Å². The molecule has 1 aliphatic carbocycles. The van der Waals surface area contributed by atoms with Crippen LogP contribution >= 0.6 is 0 Å². The Morgan fingerprint density at radius 1 is 1.16 bits per heavy atom. The van der Waals surface area contributed by atoms with Gasteiger partial charge in [0, 0.05) is 26.1 Å². The van der Waals surface area contributed by atoms with E-state index in [1.807, 2.05) is 19.2 Å². The van der Waals surface area contributed by atoms with Crippen molar-refractivity contribution in [3.05, 3.63) is 0 Å². The van der Waals surface area contributed by atoms with E-state index in [1.54, 1.807) is 0 Å². The van der Waals surface area contributed by atoms with E-state index in [0.717, 1.165) is 0 Å². The molecule has 0 aromatic rings. The van der Waals surface area contributed by atoms with Crippen molar-refractivity contribution in [3.8, 4) is 0 Å². The third-order valence-electron chi connectivity index (χ3n) is 8.08. The number of rotatable bonds is 9. The Bertz CT molecular complexity index is 993. The summed E-state index contributed by atoms with van der Waals surface area (Å²) in [5.41, 5.74) is -1.39. The third kappa shape index (κ3) is 5.97. The molecule has 1 saturated carbocycles. The number of hydrogen-bond donors (Lipinski definition) is 3. The first-order valence-corrected chi connectivity index (χ1v) is 12.7. The van der Waals surface area contributed by atoms with Gasteiger partial charge in [-0.2, -0.15) is 13.2 Å². The number of carbonyl (C=O) groups is 5. The summed E-state index contributed by atoms with van der Waals surface area (Å²) in [5, 5.41) is 7.21. The monoisotopic (exact) mass is 546 g/mol. The Hall–Kier alpha value is -2.70. The first kappa shape index (κ1) is 29.9. The van der Waals surface area contributed by atoms with E-state index in [4.69, 9.17) is 4.74 Å². The van der Waals surface area contributed by atoms with Crippen molar-refractivity contribution in [1.82, 2.24) is 20.9 Å². The lowest BCUT2D eigenvalue weighted by Crippen LogP contribution is -2.61. The molecule has 6 atom stereocenters. The van der Waals surface area contributed by atoms with Crippen LogP contribution in [0.1, 0.15) is 47.5 Å². The minimum Gasteiger partial charge on any atom is -0.377 e. The van der Waals surface area contributed by atoms with Gasteiger partial charge in [-0.25, -0.2) is 0 Å². The van der Waals surface area contributed by atoms with Gasteiger partial charge in [-0.05, 0) is 35.5 Å². The molecule has 2 aliphatic heterocycles. The normalized spacial score (nSPS) is 27.7. The number of amides is 4. The highest BCUT2D eigenvalue weighted by Crippen LogP contribution is 2.65. The smallest absolute Gasteiger partial charge is 0.377 e. The average Bonchev–Trinajstić information content (AvgIpc) is 3.15. The molecule has 13 heteroatoms. The largest absolute Gasteiger partial charge is 0.471 e. The second-order valence-electron chi connectivity index (χ2n) is 12.1. The first-order chi connectivity index (χ1) is 17.4. The molecule has 3 N–H and O–H groups in total. The molecule has 0 radical (unpaired) electrons. The van der Waals surface area contributed by atoms with Crippen LogP contribution in [0.3, 0.4) is 0 Å². The van der Waals surface area contributed by atoms with Crippen molar-refractivity contribution in [2.24, 2.45) is 28.6 Å². The number of halogens is 3. The molecule has 0 bridgehead atoms. The number of ether oxygens (including phenoxy) is 1. The number of carbonyl (C=O) groups excluding carboxylic acids is 5. The van der Waals surface area contributed by atoms with E-state index in [-0.39, 0.29) is 42.7 Å². The highest BCUT2D eigenvalue weighted by Gasteiger charge is 2.70. The van der Waals surface area contributed by atoms with Crippen molar-refractivity contribution in [2.75, 3.05) is 26.8 Å². The van der Waals surface area contributed by atoms with Gasteiger partial charge in [-0.3, -0.25) is 24.0 Å². The summed E-state index contributed by atoms with van der Waals surface area (Å²) in [4.78, 5) is 65.1. The Kier molecular flexibility index (Phi) is 8.22. The molecule has 10 nitrogen and oxygen atoms in total. The molecule has 3 fully saturated rings. The molecule has 2 saturated heterocycles. The Morgan fingerprint density at radius 3 is 2.29 bits per heavy atom. The van der Waals surface area contributed by atoms with Crippen molar-refractivity contribution in [2.45, 2.75) is 71.8 Å². The number of ketones is 1. The van der Waals surface area contributed by atoms with Crippen LogP contribution < -0.4 is 16.0 Å². The van der Waals surface area contributed by atoms with Crippen molar-refractivity contribution in [1.29, 1.82) is 0 Å². The number of fused-ring (bicyclic) bond motifs is 1. The zero-order chi connectivity index (χ0) is 28.8. The molecule has 2 heterocycles. The topological polar surface area (TPSA) is 134 Å². The zero-order valence-electron chi connectivity index (χ0n) is 22.5. The predicted molar refractivity (Wildman–Crippen MR) is 128 cm³/mol. The number of likely N-dealkylation sites (tertiary alicyclic amines) is 1. The Labute approximate surface area is 219 Å². The first-order valence-electron chi connectivity index (χ1n) is 12.7. The van der Waals surface area contributed by atoms with Crippen LogP contribution in [0.2, 0.25) is 0 Å². The molecule has 38 heavy (non-hydrogen) atoms. The SMILES string of the molecule is COCC(=O)[C@H](C[C@@H]1CCNC1=O)NC(=O)[C@@H]1[C@@H]2[C@H](CN1C(=O)C(NC(=O)C(F)(F)F)C(C)(C)C)C2(C)C. The second-order valence-corrected chi connectivity index (χ2v) is 12.1. The Balaban J connectivity index is 1.86. The lowest BCUT2D eigenvalue weighted by molar-refractivity contribution is -0.176. The fourth-order valence-electron chi connectivity index (χ4n) is 5.77. The molecule has 0 aromatic carbocycles. The van der Waals surface area contributed by atoms with Gasteiger partial charge >= 0.3 is 12.1 Å². The molecule has 0 spiro atoms. The van der Waals surface area contributed by atoms with E-state index in [2.05, 4.69) is 10.6 Å². The van der Waals surface area contributed by atoms with E-state index in [0.29, 0.717) is 13.0 Å². The molecule has 1 unspecified atom stereocenters. The van der Waals surface area contributed by atoms with Crippen LogP contribution in [-0.2, 0) is 28.7 Å². The maximum absolute atomic E-state index is 13.6. The summed E-state index contributed by atoms with van der Waals surface area (Å²) in [5.74, 6) is -5.15. The number of Topliss-reactive ketones (excluding diaryl/α,β-unsaturated/α-hetero) is 1. The highest BCUT2D eigenvalue weighted by molar-refractivity contribution is 5.97. The third-order valence-corrected chi connectivity index (χ3v) is 8.08. The Morgan fingerprint density at radius 2 is 1.79 bits per heavy atom. The van der Waals surface area contributed by atoms with E-state index in [1.165, 1.54) is 32.8 Å². The maximum Gasteiger partial charge on any atom is 0.471 e. The number of methoxy groups -OCH3 is 1. The summed E-state index contributed by atoms with van der Waals surface area (Å²) in [6.45, 7) is 8.74. The van der Waals surface area contributed by atoms with Gasteiger partial charge in [0.05, 0.1) is 6.04 Å². The number of nitrogens with one attached hydrogen (secondary N) is 3. The van der Waals surface area contributed by atoms with Gasteiger partial charge in [0.25, 0.3) is 0 Å². The molecule has 0 aromatic heterocycles. The molecular formula is C25H37F3N4O6. The van der Waals surface area contributed by atoms with Gasteiger partial charge in [0.1, 0.15) is 18.7 Å². The molecular weight excluding hydrogens is 509 g/mol. The van der Waals surface area contributed by atoms with E-state index in [9.17, 15) is 37.1 Å². The fraction of sp³-hybridized carbons (Fsp3) is 0.800. The molecule has 4 amide bonds. The fourth-order valence-corrected chi connectivity index (χ4v) is 5.77. The van der Waals surface area contributed by atoms with Crippen LogP contribution in [0, 0.1) is 28.6 Å². The molecule has 3 aliphatic rings. The van der Waals surface area contributed by atoms with Gasteiger partial charge in [-0.1, -0.05) is 34.6 Å². The second kappa shape index (κ2) is 10.5.